The minimum Gasteiger partial charge on any atom is -0.196 e. The van der Waals surface area contributed by atoms with Crippen LogP contribution in [-0.2, 0) is 0 Å². The third kappa shape index (κ3) is 12.0. The maximum atomic E-state index is 5.44. The van der Waals surface area contributed by atoms with Gasteiger partial charge in [-0.25, -0.2) is 0 Å². The van der Waals surface area contributed by atoms with Gasteiger partial charge in [-0.05, 0) is 237 Å². The molecule has 0 radical (unpaired) electrons. The van der Waals surface area contributed by atoms with E-state index in [0.717, 1.165) is 14.7 Å². The quantitative estimate of drug-likeness (QED) is 0.0752. The molecule has 0 spiro atoms. The highest BCUT2D eigenvalue weighted by Gasteiger charge is 2.34. The van der Waals surface area contributed by atoms with E-state index in [1.807, 2.05) is 0 Å². The first-order chi connectivity index (χ1) is 56.5. The molecule has 0 saturated heterocycles. The zero-order valence-electron chi connectivity index (χ0n) is 61.9. The van der Waals surface area contributed by atoms with Crippen molar-refractivity contribution < 1.29 is 0 Å². The first-order valence-corrected chi connectivity index (χ1v) is 41.5. The summed E-state index contributed by atoms with van der Waals surface area (Å²) in [7, 11) is 0. The predicted octanol–water partition coefficient (Wildman–Crippen LogP) is 21.7. The molecule has 1 aromatic heterocycles. The number of rotatable bonds is 15. The summed E-state index contributed by atoms with van der Waals surface area (Å²) in [6, 6.07) is 149. The van der Waals surface area contributed by atoms with E-state index >= 15 is 0 Å². The van der Waals surface area contributed by atoms with E-state index in [2.05, 4.69) is 400 Å². The van der Waals surface area contributed by atoms with Gasteiger partial charge < -0.3 is 0 Å². The van der Waals surface area contributed by atoms with E-state index in [0.29, 0.717) is 15.5 Å². The molecular weight excluding hydrogens is 1430 g/mol. The highest BCUT2D eigenvalue weighted by molar-refractivity contribution is 8.00. The lowest BCUT2D eigenvalue weighted by atomic mass is 9.34. The molecule has 21 aromatic carbocycles. The van der Waals surface area contributed by atoms with E-state index in [9.17, 15) is 0 Å². The Morgan fingerprint density at radius 2 is 0.281 bits per heavy atom. The third-order valence-electron chi connectivity index (χ3n) is 23.5. The van der Waals surface area contributed by atoms with Crippen LogP contribution in [0.4, 0.5) is 0 Å². The molecule has 114 heavy (non-hydrogen) atoms. The van der Waals surface area contributed by atoms with Crippen molar-refractivity contribution in [1.82, 2.24) is 15.0 Å². The minimum atomic E-state index is -0.141. The fourth-order valence-electron chi connectivity index (χ4n) is 18.6. The lowest BCUT2D eigenvalue weighted by Gasteiger charge is -2.24. The van der Waals surface area contributed by atoms with Gasteiger partial charge in [-0.3, -0.25) is 0 Å². The smallest absolute Gasteiger partial charge is 0.196 e. The van der Waals surface area contributed by atoms with Crippen molar-refractivity contribution in [2.24, 2.45) is 0 Å². The van der Waals surface area contributed by atoms with Crippen LogP contribution in [0.2, 0.25) is 0 Å². The monoisotopic (exact) mass is 1500 g/mol. The second kappa shape index (κ2) is 28.6. The van der Waals surface area contributed by atoms with Crippen LogP contribution >= 0.6 is 35.3 Å². The number of aromatic nitrogens is 3. The Balaban J connectivity index is 0.683. The van der Waals surface area contributed by atoms with E-state index in [1.165, 1.54) is 178 Å². The Hall–Kier alpha value is -13.0. The van der Waals surface area contributed by atoms with Crippen LogP contribution in [0.25, 0.3) is 129 Å². The highest BCUT2D eigenvalue weighted by atomic mass is 32.2. The van der Waals surface area contributed by atoms with Gasteiger partial charge >= 0.3 is 0 Å². The van der Waals surface area contributed by atoms with E-state index < -0.39 is 0 Å². The summed E-state index contributed by atoms with van der Waals surface area (Å²) in [5.41, 5.74) is 11.4. The summed E-state index contributed by atoms with van der Waals surface area (Å²) in [5.74, 6) is 0. The standard InChI is InChI=1S/C105H66B3N3S3/c1-13-37-85-67(25-1)61-68-26-2-14-38-86(68)97(85)106(98-87-39-15-3-27-69(87)62-70-28-4-16-40-88(70)98)79-49-55-82(56-50-79)112-103-109-104(113-83-57-51-80(52-58-83)107(99-89-41-17-5-29-71(89)63-72-30-6-18-42-90(72)99)100-91-43-19-7-31-73(91)64-74-32-8-20-44-92(74)100)111-105(110-103)114-84-59-53-81(54-60-84)108(101-93-45-21-9-33-75(93)65-76-34-10-22-46-94(76)101)102-95-47-23-11-35-77(95)66-78-36-12-24-48-96(78)102/h1-66H. The van der Waals surface area contributed by atoms with Gasteiger partial charge in [0.25, 0.3) is 0 Å². The van der Waals surface area contributed by atoms with Gasteiger partial charge in [-0.1, -0.05) is 377 Å². The molecule has 0 fully saturated rings. The van der Waals surface area contributed by atoms with Gasteiger partial charge in [0.2, 0.25) is 20.1 Å². The van der Waals surface area contributed by atoms with Crippen LogP contribution < -0.4 is 49.2 Å². The molecule has 22 aromatic rings. The molecule has 22 rings (SSSR count). The summed E-state index contributed by atoms with van der Waals surface area (Å²) < 4.78 is 0. The van der Waals surface area contributed by atoms with Crippen molar-refractivity contribution in [3.63, 3.8) is 0 Å². The van der Waals surface area contributed by atoms with Crippen molar-refractivity contribution in [3.05, 3.63) is 400 Å². The van der Waals surface area contributed by atoms with Crippen LogP contribution in [0.1, 0.15) is 0 Å². The number of fused-ring (bicyclic) bond motifs is 12. The first-order valence-electron chi connectivity index (χ1n) is 39.0. The lowest BCUT2D eigenvalue weighted by molar-refractivity contribution is 0.717. The molecule has 0 N–H and O–H groups in total. The molecule has 0 atom stereocenters. The van der Waals surface area contributed by atoms with Crippen LogP contribution in [0.5, 0.6) is 0 Å². The summed E-state index contributed by atoms with van der Waals surface area (Å²) in [4.78, 5) is 19.4. The Morgan fingerprint density at radius 3 is 0.421 bits per heavy atom. The molecule has 9 heteroatoms. The number of benzene rings is 21. The van der Waals surface area contributed by atoms with E-state index in [1.54, 1.807) is 35.3 Å². The first kappa shape index (κ1) is 67.9. The molecule has 3 nitrogen and oxygen atoms in total. The van der Waals surface area contributed by atoms with E-state index in [-0.39, 0.29) is 20.1 Å². The third-order valence-corrected chi connectivity index (χ3v) is 26.1. The maximum absolute atomic E-state index is 5.44. The van der Waals surface area contributed by atoms with Crippen molar-refractivity contribution in [2.75, 3.05) is 0 Å². The molecule has 0 saturated carbocycles. The molecule has 0 unspecified atom stereocenters. The Labute approximate surface area is 674 Å². The SMILES string of the molecule is c1ccc2c(B(c3ccc(Sc4nc(Sc5ccc(B(c6c7ccccc7cc7ccccc67)c6c7ccccc7cc7ccccc67)cc5)nc(Sc5ccc(B(c6c7ccccc7cc7ccccc67)c6c7ccccc7cc7ccccc67)cc5)n4)cc3)c3c4ccccc4cc4ccccc34)c3ccccc3cc2c1. The zero-order valence-corrected chi connectivity index (χ0v) is 64.4. The van der Waals surface area contributed by atoms with Crippen LogP contribution in [-0.4, -0.2) is 35.1 Å². The zero-order chi connectivity index (χ0) is 75.2. The molecule has 0 aliphatic heterocycles. The fraction of sp³-hybridized carbons (Fsp3) is 0. The number of nitrogens with zero attached hydrogens (tertiary/aromatic N) is 3. The molecule has 0 aliphatic rings. The number of hydrogen-bond acceptors (Lipinski definition) is 6. The average Bonchev–Trinajstić information content (AvgIpc) is 0.737. The fourth-order valence-corrected chi connectivity index (χ4v) is 21.0. The van der Waals surface area contributed by atoms with Crippen LogP contribution in [0.3, 0.4) is 0 Å². The summed E-state index contributed by atoms with van der Waals surface area (Å²) in [5, 5.41) is 31.4. The van der Waals surface area contributed by atoms with Crippen molar-refractivity contribution in [3.8, 4) is 0 Å². The van der Waals surface area contributed by atoms with Gasteiger partial charge in [-0.2, -0.15) is 15.0 Å². The summed E-state index contributed by atoms with van der Waals surface area (Å²) >= 11 is 4.74. The second-order valence-electron chi connectivity index (χ2n) is 29.9. The lowest BCUT2D eigenvalue weighted by Crippen LogP contribution is -2.53. The Kier molecular flexibility index (Phi) is 17.0. The van der Waals surface area contributed by atoms with Crippen molar-refractivity contribution >= 4 is 234 Å². The summed E-state index contributed by atoms with van der Waals surface area (Å²) in [6.07, 6.45) is 0. The molecule has 0 aliphatic carbocycles. The van der Waals surface area contributed by atoms with Gasteiger partial charge in [0.15, 0.2) is 15.5 Å². The van der Waals surface area contributed by atoms with Gasteiger partial charge in [0, 0.05) is 14.7 Å². The largest absolute Gasteiger partial charge is 0.244 e. The minimum absolute atomic E-state index is 0.141. The highest BCUT2D eigenvalue weighted by Crippen LogP contribution is 2.37. The van der Waals surface area contributed by atoms with E-state index in [4.69, 9.17) is 15.0 Å². The summed E-state index contributed by atoms with van der Waals surface area (Å²) in [6.45, 7) is -0.422. The van der Waals surface area contributed by atoms with Crippen molar-refractivity contribution in [2.45, 2.75) is 30.2 Å². The number of hydrogen-bond donors (Lipinski definition) is 0. The average molecular weight is 1500 g/mol. The van der Waals surface area contributed by atoms with Gasteiger partial charge in [-0.15, -0.1) is 0 Å². The maximum Gasteiger partial charge on any atom is 0.244 e. The van der Waals surface area contributed by atoms with Crippen LogP contribution in [0.15, 0.2) is 431 Å². The van der Waals surface area contributed by atoms with Crippen molar-refractivity contribution in [1.29, 1.82) is 0 Å². The predicted molar refractivity (Wildman–Crippen MR) is 494 cm³/mol. The molecule has 0 bridgehead atoms. The molecule has 1 heterocycles. The Bertz CT molecular complexity index is 6220. The molecular formula is C105H66B3N3S3. The molecule has 0 amide bonds. The Morgan fingerprint density at radius 1 is 0.149 bits per heavy atom. The normalized spacial score (nSPS) is 11.8. The topological polar surface area (TPSA) is 38.7 Å². The second-order valence-corrected chi connectivity index (χ2v) is 33.0. The van der Waals surface area contributed by atoms with Gasteiger partial charge in [0.05, 0.1) is 0 Å². The molecule has 528 valence electrons. The van der Waals surface area contributed by atoms with Gasteiger partial charge in [0.1, 0.15) is 0 Å². The van der Waals surface area contributed by atoms with Crippen LogP contribution in [0, 0.1) is 0 Å².